The molecule has 0 aromatic heterocycles. The molecule has 0 bridgehead atoms. The van der Waals surface area contributed by atoms with Crippen LogP contribution in [0.15, 0.2) is 17.0 Å². The van der Waals surface area contributed by atoms with Crippen LogP contribution in [0.25, 0.3) is 6.08 Å². The lowest BCUT2D eigenvalue weighted by molar-refractivity contribution is -0.386. The second-order valence-electron chi connectivity index (χ2n) is 4.24. The molecule has 2 rings (SSSR count). The van der Waals surface area contributed by atoms with Gasteiger partial charge < -0.3 is 9.47 Å². The van der Waals surface area contributed by atoms with Crippen molar-refractivity contribution in [3.63, 3.8) is 0 Å². The average Bonchev–Trinajstić information content (AvgIpc) is 2.77. The Morgan fingerprint density at radius 3 is 2.57 bits per heavy atom. The van der Waals surface area contributed by atoms with Crippen LogP contribution in [0.2, 0.25) is 0 Å². The number of nitrogens with one attached hydrogen (secondary N) is 1. The van der Waals surface area contributed by atoms with Gasteiger partial charge in [-0.2, -0.15) is 0 Å². The molecule has 120 valence electrons. The number of methoxy groups -OCH3 is 1. The highest BCUT2D eigenvalue weighted by Crippen LogP contribution is 2.41. The highest BCUT2D eigenvalue weighted by molar-refractivity contribution is 8.18. The van der Waals surface area contributed by atoms with E-state index < -0.39 is 27.7 Å². The number of nitro benzene ring substituents is 1. The smallest absolute Gasteiger partial charge is 0.353 e. The molecule has 1 aromatic rings. The van der Waals surface area contributed by atoms with Crippen LogP contribution in [0.3, 0.4) is 0 Å². The third-order valence-electron chi connectivity index (χ3n) is 2.69. The van der Waals surface area contributed by atoms with E-state index in [-0.39, 0.29) is 22.0 Å². The Morgan fingerprint density at radius 2 is 2.09 bits per heavy atom. The Hall–Kier alpha value is -2.88. The maximum Gasteiger partial charge on any atom is 0.353 e. The third-order valence-corrected chi connectivity index (χ3v) is 3.50. The van der Waals surface area contributed by atoms with E-state index in [2.05, 4.69) is 5.32 Å². The molecule has 0 aliphatic carbocycles. The Bertz CT molecular complexity index is 757. The van der Waals surface area contributed by atoms with E-state index in [0.29, 0.717) is 11.8 Å². The summed E-state index contributed by atoms with van der Waals surface area (Å²) in [4.78, 5) is 44.3. The van der Waals surface area contributed by atoms with Crippen molar-refractivity contribution in [3.8, 4) is 11.5 Å². The van der Waals surface area contributed by atoms with Crippen LogP contribution in [-0.2, 0) is 9.59 Å². The summed E-state index contributed by atoms with van der Waals surface area (Å²) in [5.74, 6) is -1.79. The van der Waals surface area contributed by atoms with E-state index in [4.69, 9.17) is 9.47 Å². The van der Waals surface area contributed by atoms with Crippen LogP contribution in [0.1, 0.15) is 12.5 Å². The van der Waals surface area contributed by atoms with Gasteiger partial charge >= 0.3 is 11.7 Å². The Kier molecular flexibility index (Phi) is 4.65. The number of hydrogen-bond acceptors (Lipinski definition) is 8. The van der Waals surface area contributed by atoms with Gasteiger partial charge in [-0.1, -0.05) is 0 Å². The van der Waals surface area contributed by atoms with Gasteiger partial charge in [-0.3, -0.25) is 29.8 Å². The molecule has 0 spiro atoms. The minimum atomic E-state index is -0.758. The predicted molar refractivity (Wildman–Crippen MR) is 80.1 cm³/mol. The summed E-state index contributed by atoms with van der Waals surface area (Å²) in [7, 11) is 1.20. The molecule has 1 heterocycles. The number of amides is 2. The summed E-state index contributed by atoms with van der Waals surface area (Å²) < 4.78 is 9.82. The number of benzene rings is 1. The van der Waals surface area contributed by atoms with E-state index in [1.807, 2.05) is 0 Å². The highest BCUT2D eigenvalue weighted by Gasteiger charge is 2.29. The monoisotopic (exact) mass is 338 g/mol. The lowest BCUT2D eigenvalue weighted by Crippen LogP contribution is -2.17. The van der Waals surface area contributed by atoms with Gasteiger partial charge in [0.2, 0.25) is 11.5 Å². The number of hydrogen-bond donors (Lipinski definition) is 1. The molecule has 1 aromatic carbocycles. The summed E-state index contributed by atoms with van der Waals surface area (Å²) >= 11 is 0.668. The fourth-order valence-corrected chi connectivity index (χ4v) is 2.54. The van der Waals surface area contributed by atoms with E-state index in [9.17, 15) is 24.5 Å². The lowest BCUT2D eigenvalue weighted by Gasteiger charge is -2.09. The number of ether oxygens (including phenoxy) is 2. The minimum absolute atomic E-state index is 0.0721. The maximum atomic E-state index is 11.6. The molecular formula is C13H10N2O7S. The quantitative estimate of drug-likeness (QED) is 0.290. The van der Waals surface area contributed by atoms with Crippen molar-refractivity contribution in [2.45, 2.75) is 6.92 Å². The molecule has 1 fully saturated rings. The zero-order chi connectivity index (χ0) is 17.1. The molecule has 1 N–H and O–H groups in total. The van der Waals surface area contributed by atoms with Crippen LogP contribution in [0.4, 0.5) is 10.5 Å². The topological polar surface area (TPSA) is 125 Å². The summed E-state index contributed by atoms with van der Waals surface area (Å²) in [5.41, 5.74) is -0.353. The number of nitro groups is 1. The molecule has 0 unspecified atom stereocenters. The Labute approximate surface area is 133 Å². The van der Waals surface area contributed by atoms with Crippen LogP contribution in [0.5, 0.6) is 11.5 Å². The standard InChI is InChI=1S/C13H10N2O7S/c1-6(16)22-8-4-3-7(11(21-2)10(8)15(19)20)5-9-12(17)14-13(18)23-9/h3-5H,1-2H3,(H,14,17,18)/b9-5-. The number of imide groups is 1. The molecule has 0 atom stereocenters. The van der Waals surface area contributed by atoms with Gasteiger partial charge in [0.25, 0.3) is 11.1 Å². The lowest BCUT2D eigenvalue weighted by atomic mass is 10.1. The van der Waals surface area contributed by atoms with Crippen molar-refractivity contribution in [2.24, 2.45) is 0 Å². The van der Waals surface area contributed by atoms with Gasteiger partial charge in [-0.05, 0) is 30.0 Å². The summed E-state index contributed by atoms with van der Waals surface area (Å²) in [6.07, 6.45) is 1.29. The summed E-state index contributed by atoms with van der Waals surface area (Å²) in [6, 6.07) is 2.60. The molecule has 0 radical (unpaired) electrons. The summed E-state index contributed by atoms with van der Waals surface area (Å²) in [5, 5.41) is 12.8. The fourth-order valence-electron chi connectivity index (χ4n) is 1.87. The number of nitrogens with zero attached hydrogens (tertiary/aromatic N) is 1. The molecule has 9 nitrogen and oxygen atoms in total. The molecular weight excluding hydrogens is 328 g/mol. The molecule has 1 aliphatic heterocycles. The second kappa shape index (κ2) is 6.48. The molecule has 1 aliphatic rings. The van der Waals surface area contributed by atoms with Gasteiger partial charge in [0, 0.05) is 12.5 Å². The maximum absolute atomic E-state index is 11.6. The number of carbonyl (C=O) groups is 3. The first-order valence-electron chi connectivity index (χ1n) is 6.12. The number of rotatable bonds is 4. The molecule has 1 saturated heterocycles. The zero-order valence-electron chi connectivity index (χ0n) is 11.9. The first-order valence-corrected chi connectivity index (χ1v) is 6.93. The van der Waals surface area contributed by atoms with Gasteiger partial charge in [-0.25, -0.2) is 0 Å². The van der Waals surface area contributed by atoms with Gasteiger partial charge in [0.1, 0.15) is 0 Å². The van der Waals surface area contributed by atoms with Crippen LogP contribution < -0.4 is 14.8 Å². The van der Waals surface area contributed by atoms with E-state index in [1.165, 1.54) is 25.3 Å². The largest absolute Gasteiger partial charge is 0.490 e. The highest BCUT2D eigenvalue weighted by atomic mass is 32.2. The normalized spacial score (nSPS) is 15.5. The predicted octanol–water partition coefficient (Wildman–Crippen LogP) is 1.85. The number of carbonyl (C=O) groups excluding carboxylic acids is 3. The van der Waals surface area contributed by atoms with E-state index >= 15 is 0 Å². The van der Waals surface area contributed by atoms with Crippen molar-refractivity contribution in [3.05, 3.63) is 32.7 Å². The van der Waals surface area contributed by atoms with Gasteiger partial charge in [0.15, 0.2) is 0 Å². The van der Waals surface area contributed by atoms with Crippen LogP contribution in [-0.4, -0.2) is 29.1 Å². The Morgan fingerprint density at radius 1 is 1.39 bits per heavy atom. The first kappa shape index (κ1) is 16.5. The van der Waals surface area contributed by atoms with Crippen molar-refractivity contribution in [2.75, 3.05) is 7.11 Å². The summed E-state index contributed by atoms with van der Waals surface area (Å²) in [6.45, 7) is 1.11. The number of esters is 1. The second-order valence-corrected chi connectivity index (χ2v) is 5.25. The van der Waals surface area contributed by atoms with Crippen molar-refractivity contribution in [1.82, 2.24) is 5.32 Å². The third kappa shape index (κ3) is 3.48. The Balaban J connectivity index is 2.57. The van der Waals surface area contributed by atoms with Crippen molar-refractivity contribution in [1.29, 1.82) is 0 Å². The zero-order valence-corrected chi connectivity index (χ0v) is 12.8. The SMILES string of the molecule is COc1c(/C=C2\SC(=O)NC2=O)ccc(OC(C)=O)c1[N+](=O)[O-]. The van der Waals surface area contributed by atoms with Crippen LogP contribution >= 0.6 is 11.8 Å². The van der Waals surface area contributed by atoms with Gasteiger partial charge in [0.05, 0.1) is 16.9 Å². The fraction of sp³-hybridized carbons (Fsp3) is 0.154. The van der Waals surface area contributed by atoms with E-state index in [0.717, 1.165) is 6.92 Å². The first-order chi connectivity index (χ1) is 10.8. The molecule has 10 heteroatoms. The molecule has 2 amide bonds. The minimum Gasteiger partial charge on any atom is -0.490 e. The molecule has 0 saturated carbocycles. The van der Waals surface area contributed by atoms with E-state index in [1.54, 1.807) is 0 Å². The average molecular weight is 338 g/mol. The van der Waals surface area contributed by atoms with Crippen molar-refractivity contribution < 1.29 is 28.8 Å². The molecule has 23 heavy (non-hydrogen) atoms. The van der Waals surface area contributed by atoms with Crippen LogP contribution in [0, 0.1) is 10.1 Å². The van der Waals surface area contributed by atoms with Gasteiger partial charge in [-0.15, -0.1) is 0 Å². The van der Waals surface area contributed by atoms with Crippen molar-refractivity contribution >= 4 is 40.6 Å². The number of thioether (sulfide) groups is 1.